The van der Waals surface area contributed by atoms with Gasteiger partial charge in [-0.25, -0.2) is 19.9 Å². The topological polar surface area (TPSA) is 154 Å². The molecular formula is C125H76N12O3Se. The second-order valence-corrected chi connectivity index (χ2v) is 37.3. The third-order valence-corrected chi connectivity index (χ3v) is 29.4. The van der Waals surface area contributed by atoms with Gasteiger partial charge in [-0.15, -0.1) is 0 Å². The minimum Gasteiger partial charge on any atom is -0.464 e. The maximum absolute atomic E-state index is 5.83. The van der Waals surface area contributed by atoms with Crippen LogP contribution < -0.4 is 0 Å². The fraction of sp³-hybridized carbons (Fsp3) is 0. The largest absolute Gasteiger partial charge is 0.464 e. The fourth-order valence-electron chi connectivity index (χ4n) is 21.4. The second-order valence-electron chi connectivity index (χ2n) is 35.4. The van der Waals surface area contributed by atoms with E-state index in [2.05, 4.69) is 391 Å². The van der Waals surface area contributed by atoms with Crippen LogP contribution in [0, 0.1) is 0 Å². The van der Waals surface area contributed by atoms with Gasteiger partial charge in [-0.1, -0.05) is 200 Å². The second kappa shape index (κ2) is 33.1. The van der Waals surface area contributed by atoms with Crippen molar-refractivity contribution in [3.8, 4) is 74.1 Å². The van der Waals surface area contributed by atoms with Crippen molar-refractivity contribution in [2.75, 3.05) is 0 Å². The number of hydrogen-bond donors (Lipinski definition) is 0. The minimum absolute atomic E-state index is 0.379. The van der Waals surface area contributed by atoms with Gasteiger partial charge in [0.2, 0.25) is 5.95 Å². The molecule has 0 radical (unpaired) electrons. The van der Waals surface area contributed by atoms with Gasteiger partial charge in [0.1, 0.15) is 28.4 Å². The Morgan fingerprint density at radius 2 is 0.610 bits per heavy atom. The molecule has 0 atom stereocenters. The van der Waals surface area contributed by atoms with Crippen LogP contribution in [0.25, 0.3) is 269 Å². The molecule has 14 aromatic heterocycles. The van der Waals surface area contributed by atoms with E-state index in [4.69, 9.17) is 43.2 Å². The van der Waals surface area contributed by atoms with Gasteiger partial charge in [-0.3, -0.25) is 18.7 Å². The first-order valence-corrected chi connectivity index (χ1v) is 48.9. The average Bonchev–Trinajstić information content (AvgIpc) is 1.58. The smallest absolute Gasteiger partial charge is 0.235 e. The first kappa shape index (κ1) is 80.7. The number of rotatable bonds is 9. The zero-order valence-electron chi connectivity index (χ0n) is 75.4. The van der Waals surface area contributed by atoms with Crippen LogP contribution >= 0.6 is 0 Å². The number of aromatic nitrogens is 12. The summed E-state index contributed by atoms with van der Waals surface area (Å²) in [7, 11) is 0. The number of hydrogen-bond acceptors (Lipinski definition) is 10. The molecular weight excluding hydrogens is 1800 g/mol. The summed E-state index contributed by atoms with van der Waals surface area (Å²) in [5.74, 6) is 3.13. The zero-order valence-corrected chi connectivity index (χ0v) is 77.1. The van der Waals surface area contributed by atoms with Gasteiger partial charge in [0.15, 0.2) is 0 Å². The Morgan fingerprint density at radius 3 is 1.13 bits per heavy atom. The van der Waals surface area contributed by atoms with Crippen molar-refractivity contribution in [1.29, 1.82) is 0 Å². The van der Waals surface area contributed by atoms with Crippen LogP contribution in [0.15, 0.2) is 474 Å². The van der Waals surface area contributed by atoms with Gasteiger partial charge in [-0.2, -0.15) is 0 Å². The molecule has 0 bridgehead atoms. The summed E-state index contributed by atoms with van der Waals surface area (Å²) < 4.78 is 30.0. The molecule has 31 aromatic rings. The Morgan fingerprint density at radius 1 is 0.220 bits per heavy atom. The van der Waals surface area contributed by atoms with Crippen LogP contribution in [0.1, 0.15) is 0 Å². The Balaban J connectivity index is 0.0000000932. The monoisotopic (exact) mass is 1870 g/mol. The first-order chi connectivity index (χ1) is 70.0. The normalized spacial score (nSPS) is 11.8. The average molecular weight is 1870 g/mol. The number of benzene rings is 17. The van der Waals surface area contributed by atoms with Crippen molar-refractivity contribution in [3.63, 3.8) is 0 Å². The number of furan rings is 3. The van der Waals surface area contributed by atoms with Gasteiger partial charge in [0.05, 0.1) is 85.3 Å². The molecule has 0 aliphatic carbocycles. The van der Waals surface area contributed by atoms with Crippen LogP contribution in [-0.2, 0) is 0 Å². The molecule has 31 rings (SSSR count). The predicted octanol–water partition coefficient (Wildman–Crippen LogP) is 31.7. The molecule has 16 heteroatoms. The Hall–Kier alpha value is -18.7. The SMILES string of the molecule is c1ccc(-c2cc(-n3c4ccccc4c4ccc5occc5c43)nc3ccncc23)cc1.c1ccc(-c2nc(-n3c4ccccc4c4ccc5[se]ccc5c43)nc3ccccc23)cc1.c1ccc(-c2nc(-n3c4ccccc4c4ccc5occc5c43)cc3ccccc23)cc1.c1ccc(-n2c3ccccc3c3cc(-c4nc(-n5c6ccccc6c6ccc7occc7c65)nc5ccccc45)ccc32)cc1. The first-order valence-electron chi connectivity index (χ1n) is 47.0. The van der Waals surface area contributed by atoms with Gasteiger partial charge in [0, 0.05) is 105 Å². The standard InChI is InChI=1S/C40H24N4O.C29H18N2O.C28H17N3O.C28H17N3Se/c1-2-10-26(11-3-1)43-34-16-8-6-13-28(34)32-24-25(18-20-36(32)43)38-30-14-4-7-15-33(30)41-40(42-38)44-35-17-9-5-12-27(35)29-19-21-37-31(39(29)44)22-23-45-37;1-2-8-19(9-3-1)28-21-11-5-4-10-20(21)18-27(30-28)31-25-13-7-6-12-22(25)23-14-15-26-24(29(23)31)16-17-32-26;1-2-6-18(7-3-1)22-16-27(30-24-12-14-29-17-23(22)24)31-25-9-5-4-8-19(25)20-10-11-26-21(28(20)31)13-15-32-26;1-2-8-18(9-3-1)26-21-11-4-6-12-23(21)29-28(30-26)31-24-13-7-5-10-19(24)20-14-15-25-22(27(20)31)16-17-32-25/h1-24H;1-18H;2*1-17H. The van der Waals surface area contributed by atoms with Crippen LogP contribution in [0.4, 0.5) is 0 Å². The van der Waals surface area contributed by atoms with Crippen molar-refractivity contribution in [2.45, 2.75) is 0 Å². The summed E-state index contributed by atoms with van der Waals surface area (Å²) in [5.41, 5.74) is 26.1. The van der Waals surface area contributed by atoms with Crippen molar-refractivity contribution in [2.24, 2.45) is 0 Å². The molecule has 660 valence electrons. The molecule has 0 saturated heterocycles. The van der Waals surface area contributed by atoms with Gasteiger partial charge in [-0.05, 0) is 144 Å². The van der Waals surface area contributed by atoms with Gasteiger partial charge >= 0.3 is 191 Å². The number of nitrogens with zero attached hydrogens (tertiary/aromatic N) is 12. The zero-order chi connectivity index (χ0) is 92.7. The predicted molar refractivity (Wildman–Crippen MR) is 578 cm³/mol. The molecule has 0 aliphatic heterocycles. The molecule has 14 heterocycles. The summed E-state index contributed by atoms with van der Waals surface area (Å²) in [4.78, 5) is 37.8. The molecule has 15 nitrogen and oxygen atoms in total. The Kier molecular flexibility index (Phi) is 18.9. The molecule has 0 N–H and O–H groups in total. The third-order valence-electron chi connectivity index (χ3n) is 27.6. The maximum atomic E-state index is 5.83. The van der Waals surface area contributed by atoms with Crippen molar-refractivity contribution in [3.05, 3.63) is 461 Å². The Labute approximate surface area is 809 Å². The quantitative estimate of drug-likeness (QED) is 0.128. The van der Waals surface area contributed by atoms with E-state index in [1.807, 2.05) is 72.9 Å². The van der Waals surface area contributed by atoms with Gasteiger partial charge < -0.3 is 17.8 Å². The summed E-state index contributed by atoms with van der Waals surface area (Å²) >= 11 is 0.379. The molecule has 141 heavy (non-hydrogen) atoms. The molecule has 0 spiro atoms. The van der Waals surface area contributed by atoms with Crippen LogP contribution in [0.5, 0.6) is 0 Å². The van der Waals surface area contributed by atoms with Crippen LogP contribution in [0.3, 0.4) is 0 Å². The number of pyridine rings is 3. The summed E-state index contributed by atoms with van der Waals surface area (Å²) in [6, 6.07) is 148. The summed E-state index contributed by atoms with van der Waals surface area (Å²) in [6.45, 7) is 0. The third kappa shape index (κ3) is 13.2. The minimum atomic E-state index is 0.379. The number of para-hydroxylation sites is 8. The number of fused-ring (bicyclic) bond motifs is 27. The molecule has 0 saturated carbocycles. The van der Waals surface area contributed by atoms with Gasteiger partial charge in [0.25, 0.3) is 0 Å². The van der Waals surface area contributed by atoms with E-state index in [1.165, 1.54) is 69.2 Å². The van der Waals surface area contributed by atoms with E-state index in [9.17, 15) is 0 Å². The molecule has 0 unspecified atom stereocenters. The maximum Gasteiger partial charge on any atom is 0.235 e. The molecule has 0 aliphatic rings. The van der Waals surface area contributed by atoms with Crippen LogP contribution in [-0.4, -0.2) is 72.2 Å². The Bertz CT molecular complexity index is 9810. The van der Waals surface area contributed by atoms with E-state index in [1.54, 1.807) is 25.0 Å². The van der Waals surface area contributed by atoms with E-state index in [-0.39, 0.29) is 0 Å². The molecule has 0 amide bonds. The van der Waals surface area contributed by atoms with E-state index >= 15 is 0 Å². The van der Waals surface area contributed by atoms with Crippen molar-refractivity contribution >= 4 is 210 Å². The summed E-state index contributed by atoms with van der Waals surface area (Å²) in [5, 5.41) is 21.9. The van der Waals surface area contributed by atoms with Crippen LogP contribution in [0.2, 0.25) is 0 Å². The fourth-order valence-corrected chi connectivity index (χ4v) is 23.0. The summed E-state index contributed by atoms with van der Waals surface area (Å²) in [6.07, 6.45) is 8.96. The van der Waals surface area contributed by atoms with Crippen molar-refractivity contribution < 1.29 is 13.3 Å². The van der Waals surface area contributed by atoms with E-state index in [0.29, 0.717) is 20.5 Å². The van der Waals surface area contributed by atoms with Crippen molar-refractivity contribution in [1.82, 2.24) is 57.7 Å². The van der Waals surface area contributed by atoms with E-state index in [0.717, 1.165) is 194 Å². The molecule has 0 fully saturated rings. The molecule has 17 aromatic carbocycles. The van der Waals surface area contributed by atoms with E-state index < -0.39 is 0 Å².